The highest BCUT2D eigenvalue weighted by Gasteiger charge is 2.23. The summed E-state index contributed by atoms with van der Waals surface area (Å²) in [6.07, 6.45) is 2.28. The third kappa shape index (κ3) is 2.79. The number of nitrogens with two attached hydrogens (primary N) is 1. The van der Waals surface area contributed by atoms with Gasteiger partial charge in [0.2, 0.25) is 0 Å². The molecule has 2 rings (SSSR count). The first-order valence-electron chi connectivity index (χ1n) is 6.20. The number of hydrogen-bond acceptors (Lipinski definition) is 3. The Balaban J connectivity index is 2.15. The topological polar surface area (TPSA) is 44.5 Å². The SMILES string of the molecule is COc1ccc(C(N)C2CCCOC2)c(C)c1. The number of benzene rings is 1. The molecule has 0 amide bonds. The molecule has 1 aromatic rings. The molecule has 0 spiro atoms. The maximum absolute atomic E-state index is 6.34. The standard InChI is InChI=1S/C14H21NO2/c1-10-8-12(16-2)5-6-13(10)14(15)11-4-3-7-17-9-11/h5-6,8,11,14H,3-4,7,9,15H2,1-2H3. The van der Waals surface area contributed by atoms with Crippen molar-refractivity contribution in [1.29, 1.82) is 0 Å². The van der Waals surface area contributed by atoms with Gasteiger partial charge in [-0.3, -0.25) is 0 Å². The number of hydrogen-bond donors (Lipinski definition) is 1. The van der Waals surface area contributed by atoms with E-state index in [0.29, 0.717) is 5.92 Å². The molecule has 1 saturated heterocycles. The van der Waals surface area contributed by atoms with Crippen LogP contribution in [0.5, 0.6) is 5.75 Å². The van der Waals surface area contributed by atoms with Gasteiger partial charge in [0.15, 0.2) is 0 Å². The van der Waals surface area contributed by atoms with Crippen LogP contribution in [0.4, 0.5) is 0 Å². The summed E-state index contributed by atoms with van der Waals surface area (Å²) in [6, 6.07) is 6.17. The van der Waals surface area contributed by atoms with Crippen molar-refractivity contribution >= 4 is 0 Å². The van der Waals surface area contributed by atoms with Gasteiger partial charge in [-0.25, -0.2) is 0 Å². The van der Waals surface area contributed by atoms with Crippen molar-refractivity contribution in [3.8, 4) is 5.75 Å². The molecular formula is C14H21NO2. The van der Waals surface area contributed by atoms with Gasteiger partial charge in [0.05, 0.1) is 13.7 Å². The molecule has 1 aromatic carbocycles. The van der Waals surface area contributed by atoms with Crippen LogP contribution in [0.15, 0.2) is 18.2 Å². The Morgan fingerprint density at radius 1 is 1.47 bits per heavy atom. The van der Waals surface area contributed by atoms with E-state index in [-0.39, 0.29) is 6.04 Å². The summed E-state index contributed by atoms with van der Waals surface area (Å²) in [5.74, 6) is 1.33. The quantitative estimate of drug-likeness (QED) is 0.875. The lowest BCUT2D eigenvalue weighted by atomic mass is 9.87. The largest absolute Gasteiger partial charge is 0.497 e. The molecule has 1 aliphatic heterocycles. The zero-order valence-electron chi connectivity index (χ0n) is 10.6. The van der Waals surface area contributed by atoms with E-state index in [1.165, 1.54) is 11.1 Å². The van der Waals surface area contributed by atoms with Gasteiger partial charge in [-0.15, -0.1) is 0 Å². The van der Waals surface area contributed by atoms with Crippen LogP contribution in [0.1, 0.15) is 30.0 Å². The molecule has 3 nitrogen and oxygen atoms in total. The first kappa shape index (κ1) is 12.4. The highest BCUT2D eigenvalue weighted by atomic mass is 16.5. The average molecular weight is 235 g/mol. The summed E-state index contributed by atoms with van der Waals surface area (Å²) >= 11 is 0. The van der Waals surface area contributed by atoms with Crippen LogP contribution < -0.4 is 10.5 Å². The van der Waals surface area contributed by atoms with Crippen molar-refractivity contribution in [2.45, 2.75) is 25.8 Å². The van der Waals surface area contributed by atoms with E-state index in [2.05, 4.69) is 13.0 Å². The fraction of sp³-hybridized carbons (Fsp3) is 0.571. The molecule has 0 aliphatic carbocycles. The second kappa shape index (κ2) is 5.52. The first-order valence-corrected chi connectivity index (χ1v) is 6.20. The lowest BCUT2D eigenvalue weighted by Gasteiger charge is -2.28. The molecular weight excluding hydrogens is 214 g/mol. The Morgan fingerprint density at radius 3 is 2.88 bits per heavy atom. The molecule has 2 N–H and O–H groups in total. The average Bonchev–Trinajstić information content (AvgIpc) is 2.39. The molecule has 17 heavy (non-hydrogen) atoms. The zero-order chi connectivity index (χ0) is 12.3. The first-order chi connectivity index (χ1) is 8.22. The van der Waals surface area contributed by atoms with E-state index in [9.17, 15) is 0 Å². The minimum atomic E-state index is 0.0706. The molecule has 1 aliphatic rings. The van der Waals surface area contributed by atoms with Gasteiger partial charge in [-0.2, -0.15) is 0 Å². The van der Waals surface area contributed by atoms with Crippen LogP contribution in [0.2, 0.25) is 0 Å². The molecule has 0 radical (unpaired) electrons. The summed E-state index contributed by atoms with van der Waals surface area (Å²) in [7, 11) is 1.68. The van der Waals surface area contributed by atoms with Crippen molar-refractivity contribution in [3.63, 3.8) is 0 Å². The van der Waals surface area contributed by atoms with Crippen molar-refractivity contribution in [2.75, 3.05) is 20.3 Å². The Bertz CT molecular complexity index is 372. The normalized spacial score (nSPS) is 22.2. The molecule has 2 atom stereocenters. The monoisotopic (exact) mass is 235 g/mol. The zero-order valence-corrected chi connectivity index (χ0v) is 10.6. The van der Waals surface area contributed by atoms with E-state index in [1.807, 2.05) is 12.1 Å². The van der Waals surface area contributed by atoms with Crippen LogP contribution in [0.3, 0.4) is 0 Å². The van der Waals surface area contributed by atoms with Gasteiger partial charge in [-0.1, -0.05) is 6.07 Å². The smallest absolute Gasteiger partial charge is 0.119 e. The second-order valence-corrected chi connectivity index (χ2v) is 4.73. The molecule has 2 unspecified atom stereocenters. The minimum Gasteiger partial charge on any atom is -0.497 e. The third-order valence-electron chi connectivity index (χ3n) is 3.54. The summed E-state index contributed by atoms with van der Waals surface area (Å²) in [5.41, 5.74) is 8.75. The molecule has 0 bridgehead atoms. The van der Waals surface area contributed by atoms with E-state index in [4.69, 9.17) is 15.2 Å². The van der Waals surface area contributed by atoms with Crippen LogP contribution >= 0.6 is 0 Å². The lowest BCUT2D eigenvalue weighted by Crippen LogP contribution is -2.29. The molecule has 3 heteroatoms. The maximum Gasteiger partial charge on any atom is 0.119 e. The van der Waals surface area contributed by atoms with Crippen LogP contribution in [0.25, 0.3) is 0 Å². The summed E-state index contributed by atoms with van der Waals surface area (Å²) in [5, 5.41) is 0. The van der Waals surface area contributed by atoms with Gasteiger partial charge < -0.3 is 15.2 Å². The summed E-state index contributed by atoms with van der Waals surface area (Å²) in [4.78, 5) is 0. The van der Waals surface area contributed by atoms with Gasteiger partial charge >= 0.3 is 0 Å². The van der Waals surface area contributed by atoms with Gasteiger partial charge in [-0.05, 0) is 43.0 Å². The van der Waals surface area contributed by atoms with E-state index in [1.54, 1.807) is 7.11 Å². The Morgan fingerprint density at radius 2 is 2.29 bits per heavy atom. The fourth-order valence-corrected chi connectivity index (χ4v) is 2.45. The third-order valence-corrected chi connectivity index (χ3v) is 3.54. The summed E-state index contributed by atoms with van der Waals surface area (Å²) in [6.45, 7) is 3.75. The van der Waals surface area contributed by atoms with Gasteiger partial charge in [0.25, 0.3) is 0 Å². The molecule has 0 saturated carbocycles. The number of methoxy groups -OCH3 is 1. The number of ether oxygens (including phenoxy) is 2. The molecule has 1 fully saturated rings. The van der Waals surface area contributed by atoms with Crippen LogP contribution in [0, 0.1) is 12.8 Å². The Hall–Kier alpha value is -1.06. The minimum absolute atomic E-state index is 0.0706. The van der Waals surface area contributed by atoms with Crippen LogP contribution in [-0.4, -0.2) is 20.3 Å². The van der Waals surface area contributed by atoms with Crippen molar-refractivity contribution in [3.05, 3.63) is 29.3 Å². The lowest BCUT2D eigenvalue weighted by molar-refractivity contribution is 0.0447. The second-order valence-electron chi connectivity index (χ2n) is 4.73. The van der Waals surface area contributed by atoms with Crippen LogP contribution in [-0.2, 0) is 4.74 Å². The van der Waals surface area contributed by atoms with E-state index in [0.717, 1.165) is 31.8 Å². The van der Waals surface area contributed by atoms with E-state index < -0.39 is 0 Å². The molecule has 1 heterocycles. The Kier molecular flexibility index (Phi) is 4.02. The van der Waals surface area contributed by atoms with Gasteiger partial charge in [0, 0.05) is 18.6 Å². The highest BCUT2D eigenvalue weighted by Crippen LogP contribution is 2.30. The number of aryl methyl sites for hydroxylation is 1. The summed E-state index contributed by atoms with van der Waals surface area (Å²) < 4.78 is 10.7. The highest BCUT2D eigenvalue weighted by molar-refractivity contribution is 5.36. The number of rotatable bonds is 3. The maximum atomic E-state index is 6.34. The predicted octanol–water partition coefficient (Wildman–Crippen LogP) is 2.43. The van der Waals surface area contributed by atoms with Crippen molar-refractivity contribution in [1.82, 2.24) is 0 Å². The van der Waals surface area contributed by atoms with E-state index >= 15 is 0 Å². The predicted molar refractivity (Wildman–Crippen MR) is 68.2 cm³/mol. The molecule has 0 aromatic heterocycles. The fourth-order valence-electron chi connectivity index (χ4n) is 2.45. The van der Waals surface area contributed by atoms with Gasteiger partial charge in [0.1, 0.15) is 5.75 Å². The Labute approximate surface area is 103 Å². The van der Waals surface area contributed by atoms with Crippen molar-refractivity contribution < 1.29 is 9.47 Å². The van der Waals surface area contributed by atoms with Crippen molar-refractivity contribution in [2.24, 2.45) is 11.7 Å². The molecule has 94 valence electrons.